The SMILES string of the molecule is Cc1cc(=O)[nH]nc1CC1CC1. The molecule has 64 valence electrons. The van der Waals surface area contributed by atoms with Crippen molar-refractivity contribution in [3.8, 4) is 0 Å². The Balaban J connectivity index is 2.24. The lowest BCUT2D eigenvalue weighted by Gasteiger charge is -2.00. The van der Waals surface area contributed by atoms with Crippen molar-refractivity contribution in [1.82, 2.24) is 10.2 Å². The molecule has 1 aromatic rings. The smallest absolute Gasteiger partial charge is 0.264 e. The van der Waals surface area contributed by atoms with E-state index in [1.165, 1.54) is 12.8 Å². The fraction of sp³-hybridized carbons (Fsp3) is 0.556. The zero-order valence-electron chi connectivity index (χ0n) is 7.13. The van der Waals surface area contributed by atoms with Crippen LogP contribution in [0.5, 0.6) is 0 Å². The van der Waals surface area contributed by atoms with Crippen LogP contribution in [0.2, 0.25) is 0 Å². The molecule has 3 heteroatoms. The molecular formula is C9H12N2O. The highest BCUT2D eigenvalue weighted by Gasteiger charge is 2.22. The Morgan fingerprint density at radius 3 is 3.00 bits per heavy atom. The molecule has 12 heavy (non-hydrogen) atoms. The van der Waals surface area contributed by atoms with Crippen molar-refractivity contribution in [3.05, 3.63) is 27.7 Å². The van der Waals surface area contributed by atoms with Crippen LogP contribution in [0.15, 0.2) is 10.9 Å². The number of nitrogens with zero attached hydrogens (tertiary/aromatic N) is 1. The number of nitrogens with one attached hydrogen (secondary N) is 1. The molecule has 1 aromatic heterocycles. The normalized spacial score (nSPS) is 16.4. The summed E-state index contributed by atoms with van der Waals surface area (Å²) >= 11 is 0. The number of H-pyrrole nitrogens is 1. The maximum absolute atomic E-state index is 10.8. The summed E-state index contributed by atoms with van der Waals surface area (Å²) in [6, 6.07) is 1.62. The number of rotatable bonds is 2. The van der Waals surface area contributed by atoms with Gasteiger partial charge in [0.1, 0.15) is 0 Å². The Labute approximate surface area is 70.8 Å². The summed E-state index contributed by atoms with van der Waals surface area (Å²) in [7, 11) is 0. The Kier molecular flexibility index (Phi) is 1.71. The minimum atomic E-state index is -0.105. The van der Waals surface area contributed by atoms with Gasteiger partial charge in [-0.3, -0.25) is 4.79 Å². The molecule has 1 aliphatic rings. The van der Waals surface area contributed by atoms with Crippen molar-refractivity contribution >= 4 is 0 Å². The van der Waals surface area contributed by atoms with E-state index in [2.05, 4.69) is 10.2 Å². The average molecular weight is 164 g/mol. The van der Waals surface area contributed by atoms with Crippen LogP contribution < -0.4 is 5.56 Å². The minimum absolute atomic E-state index is 0.105. The molecule has 0 saturated heterocycles. The first kappa shape index (κ1) is 7.53. The third-order valence-electron chi connectivity index (χ3n) is 2.28. The van der Waals surface area contributed by atoms with Crippen molar-refractivity contribution in [1.29, 1.82) is 0 Å². The second kappa shape index (κ2) is 2.73. The van der Waals surface area contributed by atoms with Gasteiger partial charge < -0.3 is 0 Å². The first-order valence-electron chi connectivity index (χ1n) is 4.31. The number of aryl methyl sites for hydroxylation is 1. The van der Waals surface area contributed by atoms with Crippen molar-refractivity contribution < 1.29 is 0 Å². The van der Waals surface area contributed by atoms with E-state index in [1.54, 1.807) is 6.07 Å². The molecule has 0 atom stereocenters. The molecule has 1 fully saturated rings. The molecule has 0 bridgehead atoms. The lowest BCUT2D eigenvalue weighted by atomic mass is 10.1. The summed E-state index contributed by atoms with van der Waals surface area (Å²) < 4.78 is 0. The van der Waals surface area contributed by atoms with Gasteiger partial charge in [-0.25, -0.2) is 5.10 Å². The van der Waals surface area contributed by atoms with Crippen molar-refractivity contribution in [2.45, 2.75) is 26.2 Å². The quantitative estimate of drug-likeness (QED) is 0.709. The monoisotopic (exact) mass is 164 g/mol. The topological polar surface area (TPSA) is 45.8 Å². The van der Waals surface area contributed by atoms with Gasteiger partial charge in [0, 0.05) is 6.07 Å². The highest BCUT2D eigenvalue weighted by atomic mass is 16.1. The Bertz CT molecular complexity index is 339. The molecule has 1 saturated carbocycles. The fourth-order valence-electron chi connectivity index (χ4n) is 1.33. The molecule has 0 aliphatic heterocycles. The molecule has 1 heterocycles. The summed E-state index contributed by atoms with van der Waals surface area (Å²) in [5.74, 6) is 0.821. The van der Waals surface area contributed by atoms with Crippen molar-refractivity contribution in [3.63, 3.8) is 0 Å². The van der Waals surface area contributed by atoms with E-state index in [4.69, 9.17) is 0 Å². The fourth-order valence-corrected chi connectivity index (χ4v) is 1.33. The van der Waals surface area contributed by atoms with Gasteiger partial charge in [-0.2, -0.15) is 5.10 Å². The summed E-state index contributed by atoms with van der Waals surface area (Å²) in [6.45, 7) is 1.94. The molecular weight excluding hydrogens is 152 g/mol. The van der Waals surface area contributed by atoms with Gasteiger partial charge in [0.05, 0.1) is 5.69 Å². The predicted octanol–water partition coefficient (Wildman–Crippen LogP) is 1.03. The third-order valence-corrected chi connectivity index (χ3v) is 2.28. The standard InChI is InChI=1S/C9H12N2O/c1-6-4-9(12)11-10-8(6)5-7-2-3-7/h4,7H,2-3,5H2,1H3,(H,11,12). The summed E-state index contributed by atoms with van der Waals surface area (Å²) in [4.78, 5) is 10.8. The molecule has 2 rings (SSSR count). The lowest BCUT2D eigenvalue weighted by Crippen LogP contribution is -2.10. The second-order valence-corrected chi connectivity index (χ2v) is 3.51. The van der Waals surface area contributed by atoms with Crippen LogP contribution in [0, 0.1) is 12.8 Å². The molecule has 0 spiro atoms. The van der Waals surface area contributed by atoms with Gasteiger partial charge in [0.15, 0.2) is 0 Å². The van der Waals surface area contributed by atoms with Crippen LogP contribution in [-0.2, 0) is 6.42 Å². The van der Waals surface area contributed by atoms with Gasteiger partial charge in [-0.05, 0) is 37.7 Å². The second-order valence-electron chi connectivity index (χ2n) is 3.51. The van der Waals surface area contributed by atoms with E-state index in [9.17, 15) is 4.79 Å². The van der Waals surface area contributed by atoms with E-state index in [1.807, 2.05) is 6.92 Å². The number of aromatic nitrogens is 2. The number of aromatic amines is 1. The van der Waals surface area contributed by atoms with Gasteiger partial charge in [0.2, 0.25) is 0 Å². The van der Waals surface area contributed by atoms with E-state index in [-0.39, 0.29) is 5.56 Å². The highest BCUT2D eigenvalue weighted by molar-refractivity contribution is 5.16. The van der Waals surface area contributed by atoms with Crippen LogP contribution in [0.4, 0.5) is 0 Å². The van der Waals surface area contributed by atoms with Gasteiger partial charge in [-0.1, -0.05) is 0 Å². The van der Waals surface area contributed by atoms with Crippen LogP contribution in [0.25, 0.3) is 0 Å². The lowest BCUT2D eigenvalue weighted by molar-refractivity contribution is 0.763. The molecule has 1 N–H and O–H groups in total. The first-order chi connectivity index (χ1) is 5.75. The van der Waals surface area contributed by atoms with Crippen LogP contribution >= 0.6 is 0 Å². The molecule has 0 aromatic carbocycles. The zero-order valence-corrected chi connectivity index (χ0v) is 7.13. The number of hydrogen-bond acceptors (Lipinski definition) is 2. The van der Waals surface area contributed by atoms with E-state index in [0.717, 1.165) is 23.6 Å². The predicted molar refractivity (Wildman–Crippen MR) is 46.0 cm³/mol. The summed E-state index contributed by atoms with van der Waals surface area (Å²) in [5.41, 5.74) is 1.97. The minimum Gasteiger partial charge on any atom is -0.268 e. The van der Waals surface area contributed by atoms with Crippen molar-refractivity contribution in [2.75, 3.05) is 0 Å². The molecule has 1 aliphatic carbocycles. The van der Waals surface area contributed by atoms with E-state index < -0.39 is 0 Å². The Morgan fingerprint density at radius 2 is 2.42 bits per heavy atom. The average Bonchev–Trinajstić information content (AvgIpc) is 2.79. The molecule has 0 amide bonds. The maximum Gasteiger partial charge on any atom is 0.264 e. The summed E-state index contributed by atoms with van der Waals surface area (Å²) in [6.07, 6.45) is 3.67. The Hall–Kier alpha value is -1.12. The first-order valence-corrected chi connectivity index (χ1v) is 4.31. The molecule has 3 nitrogen and oxygen atoms in total. The highest BCUT2D eigenvalue weighted by Crippen LogP contribution is 2.32. The Morgan fingerprint density at radius 1 is 1.67 bits per heavy atom. The van der Waals surface area contributed by atoms with E-state index >= 15 is 0 Å². The zero-order chi connectivity index (χ0) is 8.55. The van der Waals surface area contributed by atoms with E-state index in [0.29, 0.717) is 0 Å². The molecule has 0 unspecified atom stereocenters. The summed E-state index contributed by atoms with van der Waals surface area (Å²) in [5, 5.41) is 6.49. The van der Waals surface area contributed by atoms with Gasteiger partial charge in [-0.15, -0.1) is 0 Å². The van der Waals surface area contributed by atoms with Gasteiger partial charge in [0.25, 0.3) is 5.56 Å². The van der Waals surface area contributed by atoms with Crippen LogP contribution in [-0.4, -0.2) is 10.2 Å². The van der Waals surface area contributed by atoms with Crippen molar-refractivity contribution in [2.24, 2.45) is 5.92 Å². The third kappa shape index (κ3) is 1.55. The van der Waals surface area contributed by atoms with Crippen LogP contribution in [0.3, 0.4) is 0 Å². The largest absolute Gasteiger partial charge is 0.268 e. The van der Waals surface area contributed by atoms with Gasteiger partial charge >= 0.3 is 0 Å². The number of hydrogen-bond donors (Lipinski definition) is 1. The molecule has 0 radical (unpaired) electrons. The van der Waals surface area contributed by atoms with Crippen LogP contribution in [0.1, 0.15) is 24.1 Å². The maximum atomic E-state index is 10.8.